The SMILES string of the molecule is CNc1nc(NCCc2ccc(Cl)s2)nc(OC)n1. The first-order chi connectivity index (χ1) is 9.21. The van der Waals surface area contributed by atoms with E-state index in [1.54, 1.807) is 18.4 Å². The third-order valence-corrected chi connectivity index (χ3v) is 3.60. The second kappa shape index (κ2) is 6.53. The first-order valence-corrected chi connectivity index (χ1v) is 6.86. The van der Waals surface area contributed by atoms with Crippen molar-refractivity contribution in [3.63, 3.8) is 0 Å². The molecule has 2 aromatic heterocycles. The van der Waals surface area contributed by atoms with Crippen molar-refractivity contribution >= 4 is 34.8 Å². The van der Waals surface area contributed by atoms with Gasteiger partial charge in [-0.3, -0.25) is 0 Å². The number of rotatable bonds is 6. The van der Waals surface area contributed by atoms with Gasteiger partial charge in [-0.25, -0.2) is 0 Å². The molecule has 0 unspecified atom stereocenters. The van der Waals surface area contributed by atoms with Crippen molar-refractivity contribution < 1.29 is 4.74 Å². The Morgan fingerprint density at radius 2 is 2.05 bits per heavy atom. The highest BCUT2D eigenvalue weighted by Crippen LogP contribution is 2.21. The number of aromatic nitrogens is 3. The lowest BCUT2D eigenvalue weighted by Gasteiger charge is -2.07. The molecule has 19 heavy (non-hydrogen) atoms. The van der Waals surface area contributed by atoms with E-state index in [4.69, 9.17) is 16.3 Å². The largest absolute Gasteiger partial charge is 0.467 e. The molecule has 0 saturated heterocycles. The van der Waals surface area contributed by atoms with Gasteiger partial charge in [0.05, 0.1) is 11.4 Å². The molecule has 0 spiro atoms. The van der Waals surface area contributed by atoms with Gasteiger partial charge in [-0.1, -0.05) is 11.6 Å². The summed E-state index contributed by atoms with van der Waals surface area (Å²) in [5.41, 5.74) is 0. The molecule has 102 valence electrons. The van der Waals surface area contributed by atoms with Crippen molar-refractivity contribution in [3.05, 3.63) is 21.3 Å². The first kappa shape index (κ1) is 13.8. The van der Waals surface area contributed by atoms with Gasteiger partial charge < -0.3 is 15.4 Å². The van der Waals surface area contributed by atoms with Gasteiger partial charge in [0.15, 0.2) is 0 Å². The average molecular weight is 300 g/mol. The van der Waals surface area contributed by atoms with Crippen LogP contribution in [0.15, 0.2) is 12.1 Å². The van der Waals surface area contributed by atoms with Gasteiger partial charge in [-0.05, 0) is 18.6 Å². The molecule has 2 rings (SSSR count). The maximum atomic E-state index is 5.88. The van der Waals surface area contributed by atoms with E-state index in [0.29, 0.717) is 18.4 Å². The fraction of sp³-hybridized carbons (Fsp3) is 0.364. The van der Waals surface area contributed by atoms with Gasteiger partial charge in [0, 0.05) is 18.5 Å². The molecule has 0 radical (unpaired) electrons. The van der Waals surface area contributed by atoms with Crippen LogP contribution in [0.4, 0.5) is 11.9 Å². The maximum absolute atomic E-state index is 5.88. The summed E-state index contributed by atoms with van der Waals surface area (Å²) in [7, 11) is 3.26. The minimum atomic E-state index is 0.279. The molecule has 2 heterocycles. The highest BCUT2D eigenvalue weighted by atomic mass is 35.5. The van der Waals surface area contributed by atoms with Crippen molar-refractivity contribution in [1.82, 2.24) is 15.0 Å². The smallest absolute Gasteiger partial charge is 0.322 e. The van der Waals surface area contributed by atoms with Crippen LogP contribution in [-0.4, -0.2) is 35.7 Å². The van der Waals surface area contributed by atoms with E-state index in [2.05, 4.69) is 25.6 Å². The summed E-state index contributed by atoms with van der Waals surface area (Å²) in [5, 5.41) is 5.99. The lowest BCUT2D eigenvalue weighted by Crippen LogP contribution is -2.10. The number of methoxy groups -OCH3 is 1. The number of halogens is 1. The molecule has 0 aliphatic rings. The van der Waals surface area contributed by atoms with Gasteiger partial charge in [-0.2, -0.15) is 15.0 Å². The van der Waals surface area contributed by atoms with Gasteiger partial charge in [0.2, 0.25) is 11.9 Å². The molecule has 0 aliphatic carbocycles. The van der Waals surface area contributed by atoms with Crippen LogP contribution in [0.5, 0.6) is 6.01 Å². The summed E-state index contributed by atoms with van der Waals surface area (Å²) in [6.45, 7) is 0.715. The normalized spacial score (nSPS) is 10.3. The molecule has 0 saturated carbocycles. The first-order valence-electron chi connectivity index (χ1n) is 5.67. The minimum Gasteiger partial charge on any atom is -0.467 e. The Balaban J connectivity index is 1.95. The molecule has 0 atom stereocenters. The number of nitrogens with one attached hydrogen (secondary N) is 2. The van der Waals surface area contributed by atoms with Gasteiger partial charge in [0.25, 0.3) is 0 Å². The molecule has 2 aromatic rings. The van der Waals surface area contributed by atoms with Crippen molar-refractivity contribution in [2.45, 2.75) is 6.42 Å². The van der Waals surface area contributed by atoms with Crippen LogP contribution in [0.25, 0.3) is 0 Å². The summed E-state index contributed by atoms with van der Waals surface area (Å²) in [4.78, 5) is 13.6. The fourth-order valence-corrected chi connectivity index (χ4v) is 2.51. The average Bonchev–Trinajstić information content (AvgIpc) is 2.84. The zero-order valence-electron chi connectivity index (χ0n) is 10.6. The van der Waals surface area contributed by atoms with E-state index < -0.39 is 0 Å². The van der Waals surface area contributed by atoms with E-state index >= 15 is 0 Å². The van der Waals surface area contributed by atoms with E-state index in [-0.39, 0.29) is 6.01 Å². The van der Waals surface area contributed by atoms with E-state index in [1.807, 2.05) is 12.1 Å². The highest BCUT2D eigenvalue weighted by Gasteiger charge is 2.05. The quantitative estimate of drug-likeness (QED) is 0.853. The van der Waals surface area contributed by atoms with Crippen molar-refractivity contribution in [3.8, 4) is 6.01 Å². The Bertz CT molecular complexity index is 525. The number of hydrogen-bond donors (Lipinski definition) is 2. The van der Waals surface area contributed by atoms with Crippen molar-refractivity contribution in [2.24, 2.45) is 0 Å². The van der Waals surface area contributed by atoms with E-state index in [0.717, 1.165) is 10.8 Å². The minimum absolute atomic E-state index is 0.279. The Hall–Kier alpha value is -1.60. The molecule has 6 nitrogen and oxygen atoms in total. The van der Waals surface area contributed by atoms with E-state index in [1.165, 1.54) is 12.0 Å². The monoisotopic (exact) mass is 299 g/mol. The molecular formula is C11H14ClN5OS. The van der Waals surface area contributed by atoms with Gasteiger partial charge in [0.1, 0.15) is 0 Å². The van der Waals surface area contributed by atoms with Crippen LogP contribution in [0.3, 0.4) is 0 Å². The van der Waals surface area contributed by atoms with Crippen molar-refractivity contribution in [2.75, 3.05) is 31.3 Å². The molecule has 0 aliphatic heterocycles. The Morgan fingerprint density at radius 3 is 2.68 bits per heavy atom. The van der Waals surface area contributed by atoms with Crippen LogP contribution < -0.4 is 15.4 Å². The molecule has 0 aromatic carbocycles. The van der Waals surface area contributed by atoms with Gasteiger partial charge >= 0.3 is 6.01 Å². The van der Waals surface area contributed by atoms with Crippen LogP contribution in [0.1, 0.15) is 4.88 Å². The number of ether oxygens (including phenoxy) is 1. The summed E-state index contributed by atoms with van der Waals surface area (Å²) in [6.07, 6.45) is 0.861. The third kappa shape index (κ3) is 3.93. The second-order valence-electron chi connectivity index (χ2n) is 3.60. The predicted molar refractivity (Wildman–Crippen MR) is 77.4 cm³/mol. The second-order valence-corrected chi connectivity index (χ2v) is 5.40. The summed E-state index contributed by atoms with van der Waals surface area (Å²) >= 11 is 7.45. The molecule has 0 bridgehead atoms. The fourth-order valence-electron chi connectivity index (χ4n) is 1.42. The predicted octanol–water partition coefficient (Wildman–Crippen LogP) is 2.29. The highest BCUT2D eigenvalue weighted by molar-refractivity contribution is 7.16. The Morgan fingerprint density at radius 1 is 1.26 bits per heavy atom. The number of nitrogens with zero attached hydrogens (tertiary/aromatic N) is 3. The number of thiophene rings is 1. The molecule has 2 N–H and O–H groups in total. The zero-order chi connectivity index (χ0) is 13.7. The topological polar surface area (TPSA) is 72.0 Å². The van der Waals surface area contributed by atoms with Crippen LogP contribution in [-0.2, 0) is 6.42 Å². The standard InChI is InChI=1S/C11H14ClN5OS/c1-13-9-15-10(17-11(16-9)18-2)14-6-5-7-3-4-8(12)19-7/h3-4H,5-6H2,1-2H3,(H2,13,14,15,16,17). The summed E-state index contributed by atoms with van der Waals surface area (Å²) in [6, 6.07) is 4.19. The lowest BCUT2D eigenvalue weighted by molar-refractivity contribution is 0.379. The molecule has 0 amide bonds. The molecule has 0 fully saturated rings. The maximum Gasteiger partial charge on any atom is 0.322 e. The van der Waals surface area contributed by atoms with Crippen molar-refractivity contribution in [1.29, 1.82) is 0 Å². The molecule has 8 heteroatoms. The Kier molecular flexibility index (Phi) is 4.75. The molecular weight excluding hydrogens is 286 g/mol. The van der Waals surface area contributed by atoms with Crippen LogP contribution in [0, 0.1) is 0 Å². The van der Waals surface area contributed by atoms with Gasteiger partial charge in [-0.15, -0.1) is 11.3 Å². The number of hydrogen-bond acceptors (Lipinski definition) is 7. The summed E-state index contributed by atoms with van der Waals surface area (Å²) < 4.78 is 5.81. The number of anilines is 2. The zero-order valence-corrected chi connectivity index (χ0v) is 12.2. The lowest BCUT2D eigenvalue weighted by atomic mass is 10.3. The summed E-state index contributed by atoms with van der Waals surface area (Å²) in [5.74, 6) is 0.951. The third-order valence-electron chi connectivity index (χ3n) is 2.30. The van der Waals surface area contributed by atoms with E-state index in [9.17, 15) is 0 Å². The Labute approximate surface area is 120 Å². The van der Waals surface area contributed by atoms with Crippen LogP contribution in [0.2, 0.25) is 4.34 Å². The van der Waals surface area contributed by atoms with Crippen LogP contribution >= 0.6 is 22.9 Å².